The monoisotopic (exact) mass is 353 g/mol. The summed E-state index contributed by atoms with van der Waals surface area (Å²) in [5, 5.41) is 7.90. The van der Waals surface area contributed by atoms with E-state index < -0.39 is 5.97 Å². The van der Waals surface area contributed by atoms with Crippen molar-refractivity contribution in [3.63, 3.8) is 0 Å². The summed E-state index contributed by atoms with van der Waals surface area (Å²) in [6.07, 6.45) is 0. The molecule has 0 amide bonds. The quantitative estimate of drug-likeness (QED) is 0.588. The molecular weight excluding hydrogens is 338 g/mol. The molecule has 2 aromatic rings. The highest BCUT2D eigenvalue weighted by atomic mass is 79.9. The average molecular weight is 354 g/mol. The van der Waals surface area contributed by atoms with E-state index in [0.29, 0.717) is 18.8 Å². The van der Waals surface area contributed by atoms with E-state index in [1.165, 1.54) is 0 Å². The van der Waals surface area contributed by atoms with Crippen LogP contribution < -0.4 is 0 Å². The van der Waals surface area contributed by atoms with Gasteiger partial charge in [-0.1, -0.05) is 33.3 Å². The second-order valence-corrected chi connectivity index (χ2v) is 5.35. The molecule has 21 heavy (non-hydrogen) atoms. The Morgan fingerprint density at radius 1 is 1.29 bits per heavy atom. The third-order valence-electron chi connectivity index (χ3n) is 2.94. The Balaban J connectivity index is 2.06. The van der Waals surface area contributed by atoms with Crippen molar-refractivity contribution < 1.29 is 14.3 Å². The van der Waals surface area contributed by atoms with Crippen molar-refractivity contribution in [1.29, 1.82) is 0 Å². The fourth-order valence-electron chi connectivity index (χ4n) is 1.75. The maximum Gasteiger partial charge on any atom is 0.360 e. The van der Waals surface area contributed by atoms with Gasteiger partial charge in [-0.05, 0) is 24.6 Å². The first-order chi connectivity index (χ1) is 10.1. The van der Waals surface area contributed by atoms with Gasteiger partial charge in [0.25, 0.3) is 0 Å². The van der Waals surface area contributed by atoms with E-state index in [2.05, 4.69) is 26.2 Å². The molecule has 0 unspecified atom stereocenters. The van der Waals surface area contributed by atoms with Gasteiger partial charge >= 0.3 is 5.97 Å². The number of rotatable bonds is 6. The second kappa shape index (κ2) is 7.33. The number of benzene rings is 1. The molecule has 0 N–H and O–H groups in total. The van der Waals surface area contributed by atoms with Crippen LogP contribution >= 0.6 is 15.9 Å². The van der Waals surface area contributed by atoms with Crippen LogP contribution in [0.25, 0.3) is 0 Å². The summed E-state index contributed by atoms with van der Waals surface area (Å²) < 4.78 is 12.6. The molecule has 7 heteroatoms. The first-order valence-electron chi connectivity index (χ1n) is 6.42. The SMILES string of the molecule is COCCOC(=O)c1nnn(Cc2ccc(Br)cc2)c1C. The van der Waals surface area contributed by atoms with Crippen molar-refractivity contribution in [2.45, 2.75) is 13.5 Å². The summed E-state index contributed by atoms with van der Waals surface area (Å²) >= 11 is 3.39. The van der Waals surface area contributed by atoms with Crippen LogP contribution in [0.1, 0.15) is 21.7 Å². The van der Waals surface area contributed by atoms with Crippen LogP contribution in [0.5, 0.6) is 0 Å². The van der Waals surface area contributed by atoms with Gasteiger partial charge in [0.05, 0.1) is 18.8 Å². The Morgan fingerprint density at radius 3 is 2.67 bits per heavy atom. The molecule has 0 radical (unpaired) electrons. The zero-order valence-corrected chi connectivity index (χ0v) is 13.5. The smallest absolute Gasteiger partial charge is 0.360 e. The van der Waals surface area contributed by atoms with Crippen LogP contribution in [-0.2, 0) is 16.0 Å². The van der Waals surface area contributed by atoms with E-state index in [9.17, 15) is 4.79 Å². The largest absolute Gasteiger partial charge is 0.458 e. The molecule has 0 bridgehead atoms. The molecule has 0 aliphatic rings. The highest BCUT2D eigenvalue weighted by Crippen LogP contribution is 2.13. The van der Waals surface area contributed by atoms with Crippen LogP contribution in [0, 0.1) is 6.92 Å². The maximum absolute atomic E-state index is 11.9. The van der Waals surface area contributed by atoms with Crippen molar-refractivity contribution in [2.75, 3.05) is 20.3 Å². The number of nitrogens with zero attached hydrogens (tertiary/aromatic N) is 3. The Labute approximate surface area is 131 Å². The summed E-state index contributed by atoms with van der Waals surface area (Å²) in [4.78, 5) is 11.9. The van der Waals surface area contributed by atoms with Crippen LogP contribution in [-0.4, -0.2) is 41.3 Å². The molecule has 0 atom stereocenters. The Hall–Kier alpha value is -1.73. The normalized spacial score (nSPS) is 10.6. The van der Waals surface area contributed by atoms with E-state index in [0.717, 1.165) is 10.0 Å². The van der Waals surface area contributed by atoms with Crippen LogP contribution in [0.15, 0.2) is 28.7 Å². The fourth-order valence-corrected chi connectivity index (χ4v) is 2.01. The van der Waals surface area contributed by atoms with Gasteiger partial charge in [-0.3, -0.25) is 0 Å². The van der Waals surface area contributed by atoms with Gasteiger partial charge in [0, 0.05) is 11.6 Å². The number of ether oxygens (including phenoxy) is 2. The molecule has 2 rings (SSSR count). The van der Waals surface area contributed by atoms with Gasteiger partial charge in [-0.25, -0.2) is 9.48 Å². The molecule has 1 heterocycles. The molecule has 0 spiro atoms. The molecule has 0 aliphatic heterocycles. The highest BCUT2D eigenvalue weighted by Gasteiger charge is 2.17. The lowest BCUT2D eigenvalue weighted by atomic mass is 10.2. The zero-order valence-electron chi connectivity index (χ0n) is 11.9. The van der Waals surface area contributed by atoms with Crippen molar-refractivity contribution in [3.8, 4) is 0 Å². The number of carbonyl (C=O) groups excluding carboxylic acids is 1. The molecule has 0 aliphatic carbocycles. The van der Waals surface area contributed by atoms with E-state index >= 15 is 0 Å². The summed E-state index contributed by atoms with van der Waals surface area (Å²) in [5.41, 5.74) is 1.99. The second-order valence-electron chi connectivity index (χ2n) is 4.44. The van der Waals surface area contributed by atoms with Crippen LogP contribution in [0.2, 0.25) is 0 Å². The van der Waals surface area contributed by atoms with Crippen molar-refractivity contribution >= 4 is 21.9 Å². The number of aromatic nitrogens is 3. The van der Waals surface area contributed by atoms with Gasteiger partial charge < -0.3 is 9.47 Å². The fraction of sp³-hybridized carbons (Fsp3) is 0.357. The van der Waals surface area contributed by atoms with Gasteiger partial charge in [-0.2, -0.15) is 0 Å². The minimum atomic E-state index is -0.480. The molecular formula is C14H16BrN3O3. The molecule has 0 saturated carbocycles. The van der Waals surface area contributed by atoms with Crippen LogP contribution in [0.4, 0.5) is 0 Å². The molecule has 1 aromatic heterocycles. The Morgan fingerprint density at radius 2 is 2.00 bits per heavy atom. The van der Waals surface area contributed by atoms with Gasteiger partial charge in [0.2, 0.25) is 0 Å². The highest BCUT2D eigenvalue weighted by molar-refractivity contribution is 9.10. The predicted octanol–water partition coefficient (Wildman–Crippen LogP) is 2.20. The summed E-state index contributed by atoms with van der Waals surface area (Å²) in [6, 6.07) is 7.90. The Kier molecular flexibility index (Phi) is 5.46. The lowest BCUT2D eigenvalue weighted by Gasteiger charge is -2.05. The molecule has 0 saturated heterocycles. The lowest BCUT2D eigenvalue weighted by molar-refractivity contribution is 0.0380. The maximum atomic E-state index is 11.9. The van der Waals surface area contributed by atoms with E-state index in [1.807, 2.05) is 24.3 Å². The topological polar surface area (TPSA) is 66.2 Å². The number of carbonyl (C=O) groups is 1. The first-order valence-corrected chi connectivity index (χ1v) is 7.21. The first kappa shape index (κ1) is 15.7. The number of methoxy groups -OCH3 is 1. The third kappa shape index (κ3) is 4.12. The number of hydrogen-bond acceptors (Lipinski definition) is 5. The molecule has 112 valence electrons. The van der Waals surface area contributed by atoms with Crippen molar-refractivity contribution in [2.24, 2.45) is 0 Å². The molecule has 0 fully saturated rings. The number of esters is 1. The predicted molar refractivity (Wildman–Crippen MR) is 80.2 cm³/mol. The number of hydrogen-bond donors (Lipinski definition) is 0. The summed E-state index contributed by atoms with van der Waals surface area (Å²) in [5.74, 6) is -0.480. The average Bonchev–Trinajstić information content (AvgIpc) is 2.83. The van der Waals surface area contributed by atoms with E-state index in [4.69, 9.17) is 9.47 Å². The summed E-state index contributed by atoms with van der Waals surface area (Å²) in [7, 11) is 1.55. The molecule has 1 aromatic carbocycles. The number of halogens is 1. The van der Waals surface area contributed by atoms with E-state index in [-0.39, 0.29) is 12.3 Å². The van der Waals surface area contributed by atoms with Crippen molar-refractivity contribution in [3.05, 3.63) is 45.7 Å². The standard InChI is InChI=1S/C14H16BrN3O3/c1-10-13(14(19)21-8-7-20-2)16-17-18(10)9-11-3-5-12(15)6-4-11/h3-6H,7-9H2,1-2H3. The van der Waals surface area contributed by atoms with Gasteiger partial charge in [0.1, 0.15) is 6.61 Å². The van der Waals surface area contributed by atoms with Crippen molar-refractivity contribution in [1.82, 2.24) is 15.0 Å². The lowest BCUT2D eigenvalue weighted by Crippen LogP contribution is -2.12. The minimum absolute atomic E-state index is 0.203. The van der Waals surface area contributed by atoms with E-state index in [1.54, 1.807) is 18.7 Å². The minimum Gasteiger partial charge on any atom is -0.458 e. The van der Waals surface area contributed by atoms with Crippen LogP contribution in [0.3, 0.4) is 0 Å². The van der Waals surface area contributed by atoms with Gasteiger partial charge in [0.15, 0.2) is 5.69 Å². The van der Waals surface area contributed by atoms with Gasteiger partial charge in [-0.15, -0.1) is 5.10 Å². The molecule has 6 nitrogen and oxygen atoms in total. The Bertz CT molecular complexity index is 610. The third-order valence-corrected chi connectivity index (χ3v) is 3.47. The zero-order chi connectivity index (χ0) is 15.2. The summed E-state index contributed by atoms with van der Waals surface area (Å²) in [6.45, 7) is 2.91.